The molecule has 1 aliphatic carbocycles. The molecule has 0 bridgehead atoms. The molecule has 4 N–H and O–H groups in total. The van der Waals surface area contributed by atoms with Crippen molar-refractivity contribution in [2.45, 2.75) is 38.4 Å². The van der Waals surface area contributed by atoms with E-state index in [2.05, 4.69) is 9.44 Å². The lowest BCUT2D eigenvalue weighted by atomic mass is 9.94. The average molecular weight is 193 g/mol. The van der Waals surface area contributed by atoms with Crippen molar-refractivity contribution < 1.29 is 8.42 Å². The molecule has 0 radical (unpaired) electrons. The van der Waals surface area contributed by atoms with E-state index >= 15 is 0 Å². The molecular formula is C6H15N3O2S. The van der Waals surface area contributed by atoms with Crippen LogP contribution in [0.2, 0.25) is 0 Å². The van der Waals surface area contributed by atoms with Crippen LogP contribution in [0.1, 0.15) is 26.2 Å². The van der Waals surface area contributed by atoms with Gasteiger partial charge in [-0.2, -0.15) is 17.9 Å². The molecule has 0 spiro atoms. The SMILES string of the molecule is CC(N)NS(=O)(=O)NC1CCC1. The van der Waals surface area contributed by atoms with Crippen molar-refractivity contribution in [2.75, 3.05) is 0 Å². The lowest BCUT2D eigenvalue weighted by Crippen LogP contribution is -2.50. The third kappa shape index (κ3) is 3.06. The highest BCUT2D eigenvalue weighted by molar-refractivity contribution is 7.87. The molecule has 1 unspecified atom stereocenters. The molecule has 0 aliphatic heterocycles. The molecular weight excluding hydrogens is 178 g/mol. The predicted molar refractivity (Wildman–Crippen MR) is 46.5 cm³/mol. The van der Waals surface area contributed by atoms with Crippen LogP contribution >= 0.6 is 0 Å². The van der Waals surface area contributed by atoms with E-state index in [0.717, 1.165) is 19.3 Å². The summed E-state index contributed by atoms with van der Waals surface area (Å²) in [5.41, 5.74) is 5.28. The van der Waals surface area contributed by atoms with Crippen LogP contribution in [0.25, 0.3) is 0 Å². The monoisotopic (exact) mass is 193 g/mol. The fourth-order valence-corrected chi connectivity index (χ4v) is 2.26. The molecule has 72 valence electrons. The summed E-state index contributed by atoms with van der Waals surface area (Å²) in [6.45, 7) is 1.58. The molecule has 1 atom stereocenters. The van der Waals surface area contributed by atoms with Crippen molar-refractivity contribution in [3.63, 3.8) is 0 Å². The fraction of sp³-hybridized carbons (Fsp3) is 1.00. The summed E-state index contributed by atoms with van der Waals surface area (Å²) < 4.78 is 27.0. The maximum absolute atomic E-state index is 11.1. The highest BCUT2D eigenvalue weighted by atomic mass is 32.2. The standard InChI is InChI=1S/C6H15N3O2S/c1-5(7)8-12(10,11)9-6-3-2-4-6/h5-6,8-9H,2-4,7H2,1H3. The quantitative estimate of drug-likeness (QED) is 0.514. The minimum atomic E-state index is -3.37. The van der Waals surface area contributed by atoms with Crippen LogP contribution in [0.3, 0.4) is 0 Å². The van der Waals surface area contributed by atoms with E-state index in [-0.39, 0.29) is 6.04 Å². The molecule has 0 aromatic carbocycles. The maximum Gasteiger partial charge on any atom is 0.278 e. The molecule has 1 fully saturated rings. The number of hydrogen-bond donors (Lipinski definition) is 3. The van der Waals surface area contributed by atoms with Gasteiger partial charge in [0, 0.05) is 6.04 Å². The number of nitrogens with two attached hydrogens (primary N) is 1. The van der Waals surface area contributed by atoms with Gasteiger partial charge < -0.3 is 5.73 Å². The van der Waals surface area contributed by atoms with Gasteiger partial charge in [-0.1, -0.05) is 6.42 Å². The molecule has 6 heteroatoms. The first-order chi connectivity index (χ1) is 5.49. The van der Waals surface area contributed by atoms with Gasteiger partial charge in [0.25, 0.3) is 10.2 Å². The summed E-state index contributed by atoms with van der Waals surface area (Å²) in [6, 6.07) is 0.112. The Labute approximate surface area is 72.9 Å². The summed E-state index contributed by atoms with van der Waals surface area (Å²) in [4.78, 5) is 0. The van der Waals surface area contributed by atoms with Crippen LogP contribution in [-0.4, -0.2) is 20.6 Å². The van der Waals surface area contributed by atoms with E-state index in [9.17, 15) is 8.42 Å². The van der Waals surface area contributed by atoms with E-state index < -0.39 is 16.4 Å². The largest absolute Gasteiger partial charge is 0.315 e. The molecule has 5 nitrogen and oxygen atoms in total. The van der Waals surface area contributed by atoms with Gasteiger partial charge in [-0.25, -0.2) is 0 Å². The van der Waals surface area contributed by atoms with Crippen molar-refractivity contribution in [1.82, 2.24) is 9.44 Å². The molecule has 0 amide bonds. The van der Waals surface area contributed by atoms with Crippen LogP contribution in [0.4, 0.5) is 0 Å². The molecule has 0 aromatic heterocycles. The molecule has 0 aromatic rings. The van der Waals surface area contributed by atoms with E-state index in [0.29, 0.717) is 0 Å². The van der Waals surface area contributed by atoms with Crippen molar-refractivity contribution >= 4 is 10.2 Å². The van der Waals surface area contributed by atoms with Gasteiger partial charge in [-0.15, -0.1) is 0 Å². The lowest BCUT2D eigenvalue weighted by Gasteiger charge is -2.26. The van der Waals surface area contributed by atoms with E-state index in [1.54, 1.807) is 6.92 Å². The summed E-state index contributed by atoms with van der Waals surface area (Å²) in [5, 5.41) is 0. The minimum absolute atomic E-state index is 0.112. The highest BCUT2D eigenvalue weighted by Gasteiger charge is 2.23. The lowest BCUT2D eigenvalue weighted by molar-refractivity contribution is 0.380. The van der Waals surface area contributed by atoms with E-state index in [1.807, 2.05) is 0 Å². The smallest absolute Gasteiger partial charge is 0.278 e. The Hall–Kier alpha value is -0.170. The molecule has 1 aliphatic rings. The second-order valence-electron chi connectivity index (χ2n) is 3.16. The first kappa shape index (κ1) is 9.91. The van der Waals surface area contributed by atoms with Gasteiger partial charge in [0.2, 0.25) is 0 Å². The Morgan fingerprint density at radius 3 is 2.42 bits per heavy atom. The van der Waals surface area contributed by atoms with Crippen LogP contribution in [0.5, 0.6) is 0 Å². The summed E-state index contributed by atoms with van der Waals surface area (Å²) >= 11 is 0. The van der Waals surface area contributed by atoms with Crippen molar-refractivity contribution in [3.05, 3.63) is 0 Å². The van der Waals surface area contributed by atoms with Gasteiger partial charge in [-0.05, 0) is 19.8 Å². The molecule has 0 heterocycles. The van der Waals surface area contributed by atoms with Gasteiger partial charge in [-0.3, -0.25) is 0 Å². The zero-order valence-corrected chi connectivity index (χ0v) is 7.89. The highest BCUT2D eigenvalue weighted by Crippen LogP contribution is 2.18. The Kier molecular flexibility index (Phi) is 3.05. The molecule has 0 saturated heterocycles. The van der Waals surface area contributed by atoms with E-state index in [4.69, 9.17) is 5.73 Å². The van der Waals surface area contributed by atoms with Crippen LogP contribution in [0.15, 0.2) is 0 Å². The Morgan fingerprint density at radius 1 is 1.50 bits per heavy atom. The topological polar surface area (TPSA) is 84.2 Å². The Balaban J connectivity index is 2.37. The third-order valence-electron chi connectivity index (χ3n) is 1.77. The third-order valence-corrected chi connectivity index (χ3v) is 3.09. The molecule has 1 rings (SSSR count). The second-order valence-corrected chi connectivity index (χ2v) is 4.63. The zero-order chi connectivity index (χ0) is 9.19. The maximum atomic E-state index is 11.1. The van der Waals surface area contributed by atoms with E-state index in [1.165, 1.54) is 0 Å². The average Bonchev–Trinajstić information content (AvgIpc) is 1.76. The number of rotatable bonds is 4. The van der Waals surface area contributed by atoms with Crippen molar-refractivity contribution in [1.29, 1.82) is 0 Å². The first-order valence-electron chi connectivity index (χ1n) is 4.05. The minimum Gasteiger partial charge on any atom is -0.315 e. The molecule has 1 saturated carbocycles. The van der Waals surface area contributed by atoms with Crippen molar-refractivity contribution in [2.24, 2.45) is 5.73 Å². The van der Waals surface area contributed by atoms with Crippen LogP contribution in [0, 0.1) is 0 Å². The van der Waals surface area contributed by atoms with Crippen LogP contribution < -0.4 is 15.2 Å². The van der Waals surface area contributed by atoms with Crippen LogP contribution in [-0.2, 0) is 10.2 Å². The summed E-state index contributed by atoms with van der Waals surface area (Å²) in [5.74, 6) is 0. The fourth-order valence-electron chi connectivity index (χ4n) is 1.02. The van der Waals surface area contributed by atoms with Gasteiger partial charge >= 0.3 is 0 Å². The first-order valence-corrected chi connectivity index (χ1v) is 5.53. The summed E-state index contributed by atoms with van der Waals surface area (Å²) in [7, 11) is -3.37. The Bertz CT molecular complexity index is 233. The predicted octanol–water partition coefficient (Wildman–Crippen LogP) is -0.732. The van der Waals surface area contributed by atoms with Gasteiger partial charge in [0.05, 0.1) is 6.17 Å². The number of nitrogens with one attached hydrogen (secondary N) is 2. The van der Waals surface area contributed by atoms with Gasteiger partial charge in [0.1, 0.15) is 0 Å². The number of hydrogen-bond acceptors (Lipinski definition) is 3. The van der Waals surface area contributed by atoms with Crippen molar-refractivity contribution in [3.8, 4) is 0 Å². The summed E-state index contributed by atoms with van der Waals surface area (Å²) in [6.07, 6.45) is 2.42. The Morgan fingerprint density at radius 2 is 2.08 bits per heavy atom. The van der Waals surface area contributed by atoms with Gasteiger partial charge in [0.15, 0.2) is 0 Å². The normalized spacial score (nSPS) is 21.8. The molecule has 12 heavy (non-hydrogen) atoms. The second kappa shape index (κ2) is 3.69. The zero-order valence-electron chi connectivity index (χ0n) is 7.08.